The van der Waals surface area contributed by atoms with Gasteiger partial charge in [-0.05, 0) is 63.5 Å². The zero-order valence-corrected chi connectivity index (χ0v) is 14.0. The highest BCUT2D eigenvalue weighted by atomic mass is 19.1. The molecule has 0 saturated carbocycles. The van der Waals surface area contributed by atoms with Crippen molar-refractivity contribution in [3.8, 4) is 0 Å². The van der Waals surface area contributed by atoms with Crippen molar-refractivity contribution >= 4 is 0 Å². The van der Waals surface area contributed by atoms with E-state index in [0.717, 1.165) is 25.9 Å². The average Bonchev–Trinajstić information content (AvgIpc) is 2.50. The lowest BCUT2D eigenvalue weighted by Gasteiger charge is -2.28. The SMILES string of the molecule is CCCNC(CCN(C)C(CC)CC)c1ccc(F)cc1. The standard InChI is InChI=1S/C18H31FN2/c1-5-13-20-18(15-8-10-16(19)11-9-15)12-14-21(4)17(6-2)7-3/h8-11,17-18,20H,5-7,12-14H2,1-4H3. The third-order valence-corrected chi connectivity index (χ3v) is 4.25. The molecule has 0 aromatic heterocycles. The molecule has 0 heterocycles. The largest absolute Gasteiger partial charge is 0.310 e. The minimum atomic E-state index is -0.165. The number of hydrogen-bond donors (Lipinski definition) is 1. The minimum Gasteiger partial charge on any atom is -0.310 e. The lowest BCUT2D eigenvalue weighted by atomic mass is 10.0. The van der Waals surface area contributed by atoms with E-state index in [4.69, 9.17) is 0 Å². The van der Waals surface area contributed by atoms with Gasteiger partial charge in [0.2, 0.25) is 0 Å². The Morgan fingerprint density at radius 1 is 1.10 bits per heavy atom. The van der Waals surface area contributed by atoms with E-state index in [-0.39, 0.29) is 5.82 Å². The Labute approximate surface area is 129 Å². The molecular formula is C18H31FN2. The van der Waals surface area contributed by atoms with Gasteiger partial charge in [-0.3, -0.25) is 0 Å². The highest BCUT2D eigenvalue weighted by Crippen LogP contribution is 2.19. The number of rotatable bonds is 10. The summed E-state index contributed by atoms with van der Waals surface area (Å²) in [7, 11) is 2.21. The van der Waals surface area contributed by atoms with Crippen molar-refractivity contribution in [3.05, 3.63) is 35.6 Å². The normalized spacial score (nSPS) is 13.1. The molecule has 120 valence electrons. The summed E-state index contributed by atoms with van der Waals surface area (Å²) >= 11 is 0. The number of nitrogens with zero attached hydrogens (tertiary/aromatic N) is 1. The van der Waals surface area contributed by atoms with Gasteiger partial charge < -0.3 is 10.2 Å². The van der Waals surface area contributed by atoms with Crippen LogP contribution in [0.15, 0.2) is 24.3 Å². The molecule has 1 atom stereocenters. The molecule has 1 rings (SSSR count). The Morgan fingerprint density at radius 2 is 1.71 bits per heavy atom. The quantitative estimate of drug-likeness (QED) is 0.689. The molecule has 0 aliphatic carbocycles. The van der Waals surface area contributed by atoms with Crippen LogP contribution in [0, 0.1) is 5.82 Å². The van der Waals surface area contributed by atoms with Crippen LogP contribution in [0.3, 0.4) is 0 Å². The van der Waals surface area contributed by atoms with Gasteiger partial charge in [0.1, 0.15) is 5.82 Å². The summed E-state index contributed by atoms with van der Waals surface area (Å²) in [5, 5.41) is 3.59. The summed E-state index contributed by atoms with van der Waals surface area (Å²) in [5.74, 6) is -0.165. The van der Waals surface area contributed by atoms with Gasteiger partial charge in [-0.15, -0.1) is 0 Å². The van der Waals surface area contributed by atoms with Crippen molar-refractivity contribution in [1.29, 1.82) is 0 Å². The molecule has 0 aliphatic rings. The Morgan fingerprint density at radius 3 is 2.24 bits per heavy atom. The van der Waals surface area contributed by atoms with E-state index in [9.17, 15) is 4.39 Å². The van der Waals surface area contributed by atoms with E-state index in [1.165, 1.54) is 18.4 Å². The van der Waals surface area contributed by atoms with Crippen LogP contribution in [0.5, 0.6) is 0 Å². The maximum atomic E-state index is 13.1. The van der Waals surface area contributed by atoms with Gasteiger partial charge in [0, 0.05) is 12.1 Å². The van der Waals surface area contributed by atoms with Gasteiger partial charge >= 0.3 is 0 Å². The highest BCUT2D eigenvalue weighted by Gasteiger charge is 2.15. The summed E-state index contributed by atoms with van der Waals surface area (Å²) in [6, 6.07) is 7.88. The van der Waals surface area contributed by atoms with Gasteiger partial charge in [-0.2, -0.15) is 0 Å². The van der Waals surface area contributed by atoms with Gasteiger partial charge in [0.15, 0.2) is 0 Å². The zero-order chi connectivity index (χ0) is 15.7. The van der Waals surface area contributed by atoms with Crippen molar-refractivity contribution in [2.75, 3.05) is 20.1 Å². The van der Waals surface area contributed by atoms with Gasteiger partial charge in [-0.1, -0.05) is 32.9 Å². The smallest absolute Gasteiger partial charge is 0.123 e. The molecule has 1 N–H and O–H groups in total. The van der Waals surface area contributed by atoms with Gasteiger partial charge in [0.05, 0.1) is 0 Å². The molecule has 0 aliphatic heterocycles. The lowest BCUT2D eigenvalue weighted by Crippen LogP contribution is -2.34. The van der Waals surface area contributed by atoms with E-state index in [1.807, 2.05) is 12.1 Å². The molecule has 0 bridgehead atoms. The first-order valence-electron chi connectivity index (χ1n) is 8.31. The number of benzene rings is 1. The van der Waals surface area contributed by atoms with E-state index in [0.29, 0.717) is 12.1 Å². The number of halogens is 1. The monoisotopic (exact) mass is 294 g/mol. The predicted molar refractivity (Wildman–Crippen MR) is 89.1 cm³/mol. The fraction of sp³-hybridized carbons (Fsp3) is 0.667. The van der Waals surface area contributed by atoms with E-state index in [1.54, 1.807) is 12.1 Å². The molecule has 1 aromatic rings. The summed E-state index contributed by atoms with van der Waals surface area (Å²) in [6.07, 6.45) is 4.55. The second-order valence-corrected chi connectivity index (χ2v) is 5.80. The Hall–Kier alpha value is -0.930. The van der Waals surface area contributed by atoms with Crippen LogP contribution in [0.1, 0.15) is 58.1 Å². The topological polar surface area (TPSA) is 15.3 Å². The lowest BCUT2D eigenvalue weighted by molar-refractivity contribution is 0.217. The molecular weight excluding hydrogens is 263 g/mol. The van der Waals surface area contributed by atoms with Crippen LogP contribution in [-0.4, -0.2) is 31.1 Å². The first kappa shape index (κ1) is 18.1. The number of nitrogens with one attached hydrogen (secondary N) is 1. The number of hydrogen-bond acceptors (Lipinski definition) is 2. The molecule has 0 spiro atoms. The predicted octanol–water partition coefficient (Wildman–Crippen LogP) is 4.38. The van der Waals surface area contributed by atoms with Crippen LogP contribution in [-0.2, 0) is 0 Å². The molecule has 3 heteroatoms. The van der Waals surface area contributed by atoms with E-state index >= 15 is 0 Å². The van der Waals surface area contributed by atoms with Crippen molar-refractivity contribution < 1.29 is 4.39 Å². The maximum Gasteiger partial charge on any atom is 0.123 e. The Balaban J connectivity index is 2.63. The van der Waals surface area contributed by atoms with Gasteiger partial charge in [0.25, 0.3) is 0 Å². The fourth-order valence-electron chi connectivity index (χ4n) is 2.83. The molecule has 2 nitrogen and oxygen atoms in total. The average molecular weight is 294 g/mol. The highest BCUT2D eigenvalue weighted by molar-refractivity contribution is 5.20. The molecule has 0 radical (unpaired) electrons. The second-order valence-electron chi connectivity index (χ2n) is 5.80. The molecule has 1 aromatic carbocycles. The molecule has 0 amide bonds. The van der Waals surface area contributed by atoms with Gasteiger partial charge in [-0.25, -0.2) is 4.39 Å². The van der Waals surface area contributed by atoms with Crippen molar-refractivity contribution in [2.24, 2.45) is 0 Å². The third kappa shape index (κ3) is 6.15. The Kier molecular flexibility index (Phi) is 8.55. The summed E-state index contributed by atoms with van der Waals surface area (Å²) < 4.78 is 13.1. The second kappa shape index (κ2) is 9.91. The van der Waals surface area contributed by atoms with Crippen molar-refractivity contribution in [2.45, 2.75) is 58.5 Å². The van der Waals surface area contributed by atoms with Crippen LogP contribution in [0.25, 0.3) is 0 Å². The molecule has 1 unspecified atom stereocenters. The van der Waals surface area contributed by atoms with Crippen LogP contribution >= 0.6 is 0 Å². The van der Waals surface area contributed by atoms with Crippen LogP contribution in [0.4, 0.5) is 4.39 Å². The minimum absolute atomic E-state index is 0.165. The summed E-state index contributed by atoms with van der Waals surface area (Å²) in [5.41, 5.74) is 1.18. The summed E-state index contributed by atoms with van der Waals surface area (Å²) in [6.45, 7) is 8.72. The fourth-order valence-corrected chi connectivity index (χ4v) is 2.83. The summed E-state index contributed by atoms with van der Waals surface area (Å²) in [4.78, 5) is 2.45. The van der Waals surface area contributed by atoms with Crippen molar-refractivity contribution in [1.82, 2.24) is 10.2 Å². The molecule has 0 saturated heterocycles. The van der Waals surface area contributed by atoms with Crippen molar-refractivity contribution in [3.63, 3.8) is 0 Å². The van der Waals surface area contributed by atoms with E-state index < -0.39 is 0 Å². The molecule has 21 heavy (non-hydrogen) atoms. The Bertz CT molecular complexity index is 373. The van der Waals surface area contributed by atoms with Crippen LogP contribution < -0.4 is 5.32 Å². The maximum absolute atomic E-state index is 13.1. The van der Waals surface area contributed by atoms with E-state index in [2.05, 4.69) is 38.0 Å². The first-order valence-corrected chi connectivity index (χ1v) is 8.31. The molecule has 0 fully saturated rings. The third-order valence-electron chi connectivity index (χ3n) is 4.25. The first-order chi connectivity index (χ1) is 10.1. The zero-order valence-electron chi connectivity index (χ0n) is 14.0. The van der Waals surface area contributed by atoms with Crippen LogP contribution in [0.2, 0.25) is 0 Å².